The van der Waals surface area contributed by atoms with Gasteiger partial charge < -0.3 is 20.1 Å². The van der Waals surface area contributed by atoms with Gasteiger partial charge in [0, 0.05) is 12.2 Å². The average Bonchev–Trinajstić information content (AvgIpc) is 3.12. The molecule has 1 aliphatic heterocycles. The number of ether oxygens (including phenoxy) is 2. The normalized spacial score (nSPS) is 12.1. The summed E-state index contributed by atoms with van der Waals surface area (Å²) in [5.41, 5.74) is 4.55. The predicted octanol–water partition coefficient (Wildman–Crippen LogP) is 3.27. The number of para-hydroxylation sites is 1. The Morgan fingerprint density at radius 2 is 1.76 bits per heavy atom. The molecule has 0 aliphatic carbocycles. The van der Waals surface area contributed by atoms with Crippen LogP contribution >= 0.6 is 0 Å². The van der Waals surface area contributed by atoms with Crippen LogP contribution in [0.25, 0.3) is 0 Å². The zero-order chi connectivity index (χ0) is 17.6. The van der Waals surface area contributed by atoms with Gasteiger partial charge in [-0.05, 0) is 41.7 Å². The van der Waals surface area contributed by atoms with E-state index in [-0.39, 0.29) is 19.2 Å². The molecular weight excluding hydrogens is 316 g/mol. The van der Waals surface area contributed by atoms with Crippen LogP contribution in [0.1, 0.15) is 30.5 Å². The highest BCUT2D eigenvalue weighted by Gasteiger charge is 2.13. The topological polar surface area (TPSA) is 59.6 Å². The number of rotatable bonds is 7. The summed E-state index contributed by atoms with van der Waals surface area (Å²) >= 11 is 0. The predicted molar refractivity (Wildman–Crippen MR) is 98.1 cm³/mol. The lowest BCUT2D eigenvalue weighted by molar-refractivity contribution is -0.119. The fraction of sp³-hybridized carbons (Fsp3) is 0.350. The Hall–Kier alpha value is -2.69. The first-order chi connectivity index (χ1) is 12.2. The zero-order valence-electron chi connectivity index (χ0n) is 14.7. The van der Waals surface area contributed by atoms with Crippen LogP contribution in [0.3, 0.4) is 0 Å². The molecule has 3 rings (SSSR count). The number of hydrogen-bond donors (Lipinski definition) is 2. The highest BCUT2D eigenvalue weighted by molar-refractivity contribution is 5.81. The van der Waals surface area contributed by atoms with E-state index in [0.717, 1.165) is 35.6 Å². The standard InChI is InChI=1S/C20H24N2O3/c1-3-15-6-5-7-16(4-2)20(15)22-12-19(23)21-11-14-8-9-17-18(10-14)25-13-24-17/h5-10,22H,3-4,11-13H2,1-2H3,(H,21,23). The molecule has 1 amide bonds. The van der Waals surface area contributed by atoms with Crippen LogP contribution < -0.4 is 20.1 Å². The van der Waals surface area contributed by atoms with Gasteiger partial charge in [0.15, 0.2) is 11.5 Å². The molecule has 0 spiro atoms. The molecule has 1 heterocycles. The average molecular weight is 340 g/mol. The van der Waals surface area contributed by atoms with E-state index in [1.54, 1.807) is 0 Å². The van der Waals surface area contributed by atoms with Gasteiger partial charge in [-0.25, -0.2) is 0 Å². The summed E-state index contributed by atoms with van der Waals surface area (Å²) in [5.74, 6) is 1.44. The number of hydrogen-bond acceptors (Lipinski definition) is 4. The number of carbonyl (C=O) groups is 1. The van der Waals surface area contributed by atoms with Crippen molar-refractivity contribution in [2.45, 2.75) is 33.2 Å². The Labute approximate surface area is 148 Å². The molecule has 0 saturated heterocycles. The summed E-state index contributed by atoms with van der Waals surface area (Å²) in [5, 5.41) is 6.24. The second-order valence-electron chi connectivity index (χ2n) is 5.98. The summed E-state index contributed by atoms with van der Waals surface area (Å²) in [6, 6.07) is 12.0. The van der Waals surface area contributed by atoms with Crippen molar-refractivity contribution >= 4 is 11.6 Å². The zero-order valence-corrected chi connectivity index (χ0v) is 14.7. The third kappa shape index (κ3) is 4.05. The van der Waals surface area contributed by atoms with E-state index in [9.17, 15) is 4.79 Å². The van der Waals surface area contributed by atoms with Crippen LogP contribution in [0.15, 0.2) is 36.4 Å². The van der Waals surface area contributed by atoms with Crippen LogP contribution in [0.5, 0.6) is 11.5 Å². The van der Waals surface area contributed by atoms with Crippen LogP contribution in [0.2, 0.25) is 0 Å². The van der Waals surface area contributed by atoms with Gasteiger partial charge in [0.2, 0.25) is 12.7 Å². The first-order valence-corrected chi connectivity index (χ1v) is 8.71. The first kappa shape index (κ1) is 17.1. The molecule has 0 saturated carbocycles. The van der Waals surface area contributed by atoms with Crippen molar-refractivity contribution in [1.82, 2.24) is 5.32 Å². The van der Waals surface area contributed by atoms with Gasteiger partial charge in [0.05, 0.1) is 6.54 Å². The Balaban J connectivity index is 1.55. The van der Waals surface area contributed by atoms with Gasteiger partial charge in [0.25, 0.3) is 0 Å². The molecule has 0 bridgehead atoms. The van der Waals surface area contributed by atoms with E-state index < -0.39 is 0 Å². The van der Waals surface area contributed by atoms with E-state index in [2.05, 4.69) is 42.7 Å². The number of aryl methyl sites for hydroxylation is 2. The molecule has 2 aromatic rings. The summed E-state index contributed by atoms with van der Waals surface area (Å²) in [6.07, 6.45) is 1.88. The molecule has 2 aromatic carbocycles. The molecule has 0 atom stereocenters. The molecule has 2 N–H and O–H groups in total. The summed E-state index contributed by atoms with van der Waals surface area (Å²) in [7, 11) is 0. The van der Waals surface area contributed by atoms with Crippen LogP contribution in [0.4, 0.5) is 5.69 Å². The maximum absolute atomic E-state index is 12.2. The van der Waals surface area contributed by atoms with Crippen molar-refractivity contribution < 1.29 is 14.3 Å². The largest absolute Gasteiger partial charge is 0.454 e. The van der Waals surface area contributed by atoms with Gasteiger partial charge >= 0.3 is 0 Å². The van der Waals surface area contributed by atoms with Gasteiger partial charge in [-0.2, -0.15) is 0 Å². The van der Waals surface area contributed by atoms with Crippen molar-refractivity contribution in [2.75, 3.05) is 18.7 Å². The quantitative estimate of drug-likeness (QED) is 0.812. The third-order valence-electron chi connectivity index (χ3n) is 4.35. The first-order valence-electron chi connectivity index (χ1n) is 8.71. The smallest absolute Gasteiger partial charge is 0.239 e. The molecule has 0 radical (unpaired) electrons. The molecule has 0 unspecified atom stereocenters. The number of benzene rings is 2. The highest BCUT2D eigenvalue weighted by atomic mass is 16.7. The van der Waals surface area contributed by atoms with Gasteiger partial charge in [0.1, 0.15) is 0 Å². The van der Waals surface area contributed by atoms with E-state index in [0.29, 0.717) is 6.54 Å². The molecule has 1 aliphatic rings. The van der Waals surface area contributed by atoms with Crippen molar-refractivity contribution in [2.24, 2.45) is 0 Å². The van der Waals surface area contributed by atoms with Gasteiger partial charge in [-0.15, -0.1) is 0 Å². The second kappa shape index (κ2) is 7.92. The van der Waals surface area contributed by atoms with Crippen molar-refractivity contribution in [3.05, 3.63) is 53.1 Å². The summed E-state index contributed by atoms with van der Waals surface area (Å²) < 4.78 is 10.6. The molecule has 5 nitrogen and oxygen atoms in total. The summed E-state index contributed by atoms with van der Waals surface area (Å²) in [4.78, 5) is 12.2. The van der Waals surface area contributed by atoms with E-state index in [1.807, 2.05) is 18.2 Å². The number of anilines is 1. The Bertz CT molecular complexity index is 736. The van der Waals surface area contributed by atoms with Gasteiger partial charge in [-0.3, -0.25) is 4.79 Å². The summed E-state index contributed by atoms with van der Waals surface area (Å²) in [6.45, 7) is 5.23. The maximum Gasteiger partial charge on any atom is 0.239 e. The minimum atomic E-state index is -0.0365. The highest BCUT2D eigenvalue weighted by Crippen LogP contribution is 2.32. The Kier molecular flexibility index (Phi) is 5.43. The molecule has 0 aromatic heterocycles. The number of fused-ring (bicyclic) bond motifs is 1. The Morgan fingerprint density at radius 3 is 2.48 bits per heavy atom. The van der Waals surface area contributed by atoms with Crippen molar-refractivity contribution in [3.8, 4) is 11.5 Å². The fourth-order valence-corrected chi connectivity index (χ4v) is 2.95. The van der Waals surface area contributed by atoms with Crippen LogP contribution in [-0.4, -0.2) is 19.2 Å². The number of carbonyl (C=O) groups excluding carboxylic acids is 1. The monoisotopic (exact) mass is 340 g/mol. The van der Waals surface area contributed by atoms with E-state index in [4.69, 9.17) is 9.47 Å². The SMILES string of the molecule is CCc1cccc(CC)c1NCC(=O)NCc1ccc2c(c1)OCO2. The molecule has 5 heteroatoms. The second-order valence-corrected chi connectivity index (χ2v) is 5.98. The number of amides is 1. The lowest BCUT2D eigenvalue weighted by Crippen LogP contribution is -2.29. The minimum absolute atomic E-state index is 0.0365. The minimum Gasteiger partial charge on any atom is -0.454 e. The van der Waals surface area contributed by atoms with Crippen LogP contribution in [-0.2, 0) is 24.2 Å². The third-order valence-corrected chi connectivity index (χ3v) is 4.35. The van der Waals surface area contributed by atoms with Crippen molar-refractivity contribution in [1.29, 1.82) is 0 Å². The Morgan fingerprint density at radius 1 is 1.04 bits per heavy atom. The van der Waals surface area contributed by atoms with E-state index in [1.165, 1.54) is 11.1 Å². The number of nitrogens with one attached hydrogen (secondary N) is 2. The lowest BCUT2D eigenvalue weighted by atomic mass is 10.0. The van der Waals surface area contributed by atoms with Crippen LogP contribution in [0, 0.1) is 0 Å². The molecule has 25 heavy (non-hydrogen) atoms. The molecular formula is C20H24N2O3. The molecule has 132 valence electrons. The lowest BCUT2D eigenvalue weighted by Gasteiger charge is -2.15. The van der Waals surface area contributed by atoms with Crippen molar-refractivity contribution in [3.63, 3.8) is 0 Å². The van der Waals surface area contributed by atoms with Gasteiger partial charge in [-0.1, -0.05) is 38.1 Å². The fourth-order valence-electron chi connectivity index (χ4n) is 2.95. The molecule has 0 fully saturated rings. The van der Waals surface area contributed by atoms with E-state index >= 15 is 0 Å². The maximum atomic E-state index is 12.2.